The van der Waals surface area contributed by atoms with Crippen molar-refractivity contribution in [1.82, 2.24) is 0 Å². The Morgan fingerprint density at radius 3 is 0.800 bits per heavy atom. The van der Waals surface area contributed by atoms with Crippen LogP contribution in [0.1, 0.15) is 0 Å². The molecule has 0 nitrogen and oxygen atoms in total. The van der Waals surface area contributed by atoms with E-state index in [4.69, 9.17) is 0 Å². The molecule has 5 heteroatoms. The maximum Gasteiger partial charge on any atom is 2.00 e. The minimum Gasteiger partial charge on any atom is 2.00 e. The molecule has 0 aromatic carbocycles. The molecule has 0 amide bonds. The summed E-state index contributed by atoms with van der Waals surface area (Å²) in [4.78, 5) is 0. The van der Waals surface area contributed by atoms with E-state index in [1.165, 1.54) is 0 Å². The van der Waals surface area contributed by atoms with Gasteiger partial charge in [-0.2, -0.15) is 0 Å². The van der Waals surface area contributed by atoms with Gasteiger partial charge in [-0.25, -0.2) is 0 Å². The van der Waals surface area contributed by atoms with Gasteiger partial charge in [-0.05, 0) is 0 Å². The summed E-state index contributed by atoms with van der Waals surface area (Å²) in [5.41, 5.74) is 0. The minimum atomic E-state index is 0. The van der Waals surface area contributed by atoms with Crippen molar-refractivity contribution in [3.8, 4) is 0 Å². The van der Waals surface area contributed by atoms with E-state index in [1.54, 1.807) is 37.5 Å². The van der Waals surface area contributed by atoms with Gasteiger partial charge in [0.25, 0.3) is 0 Å². The summed E-state index contributed by atoms with van der Waals surface area (Å²) in [5.74, 6) is 0. The van der Waals surface area contributed by atoms with E-state index < -0.39 is 0 Å². The molecule has 0 heterocycles. The summed E-state index contributed by atoms with van der Waals surface area (Å²) in [7, 11) is 9.22. The van der Waals surface area contributed by atoms with E-state index in [2.05, 4.69) is 18.8 Å². The topological polar surface area (TPSA) is 0 Å². The molecule has 0 fully saturated rings. The van der Waals surface area contributed by atoms with Gasteiger partial charge >= 0.3 is 79.4 Å². The first kappa shape index (κ1) is 15.6. The molecule has 0 unspecified atom stereocenters. The van der Waals surface area contributed by atoms with Gasteiger partial charge in [-0.1, -0.05) is 0 Å². The van der Waals surface area contributed by atoms with E-state index in [0.29, 0.717) is 0 Å². The van der Waals surface area contributed by atoms with E-state index in [-0.39, 0.29) is 23.1 Å². The Morgan fingerprint density at radius 1 is 0.800 bits per heavy atom. The zero-order valence-corrected chi connectivity index (χ0v) is 9.57. The third-order valence-electron chi connectivity index (χ3n) is 0. The molecule has 0 aromatic heterocycles. The van der Waals surface area contributed by atoms with Gasteiger partial charge in [-0.15, -0.1) is 0 Å². The molecule has 0 saturated heterocycles. The van der Waals surface area contributed by atoms with Crippen LogP contribution in [-0.4, -0.2) is 23.1 Å². The minimum absolute atomic E-state index is 0. The van der Waals surface area contributed by atoms with Crippen LogP contribution in [0.5, 0.6) is 0 Å². The zero-order chi connectivity index (χ0) is 4.00. The first-order valence-corrected chi connectivity index (χ1v) is 5.87. The Hall–Kier alpha value is 2.72. The number of rotatable bonds is 0. The molecule has 5 heavy (non-hydrogen) atoms. The smallest absolute Gasteiger partial charge is 2.00 e. The molecule has 0 aromatic rings. The standard InChI is InChI=1S/2ClH.Mg.2Pt/h2*1H;;;/q;;+2;;/p-2. The fraction of sp³-hybridized carbons (Fsp3) is 0. The van der Waals surface area contributed by atoms with Crippen molar-refractivity contribution >= 4 is 41.9 Å². The van der Waals surface area contributed by atoms with E-state index in [1.807, 2.05) is 0 Å². The molecule has 0 spiro atoms. The number of hydrogen-bond acceptors (Lipinski definition) is 0. The molecular weight excluding hydrogens is 485 g/mol. The fourth-order valence-electron chi connectivity index (χ4n) is 0. The molecule has 0 aliphatic heterocycles. The summed E-state index contributed by atoms with van der Waals surface area (Å²) >= 11 is 3.22. The Balaban J connectivity index is -0.0000000133. The second-order valence-electron chi connectivity index (χ2n) is 0. The monoisotopic (exact) mass is 484 g/mol. The van der Waals surface area contributed by atoms with Crippen molar-refractivity contribution in [3.05, 3.63) is 0 Å². The number of halogens is 2. The Bertz CT molecular complexity index is 7.61. The van der Waals surface area contributed by atoms with Crippen LogP contribution < -0.4 is 0 Å². The predicted molar refractivity (Wildman–Crippen MR) is 17.5 cm³/mol. The number of hydrogen-bond donors (Lipinski definition) is 0. The maximum absolute atomic E-state index is 4.61. The van der Waals surface area contributed by atoms with Crippen LogP contribution in [0.15, 0.2) is 0 Å². The predicted octanol–water partition coefficient (Wildman–Crippen LogP) is 0.993. The largest absolute Gasteiger partial charge is 2.00 e. The van der Waals surface area contributed by atoms with Gasteiger partial charge in [0.05, 0.1) is 0 Å². The van der Waals surface area contributed by atoms with Gasteiger partial charge in [0.15, 0.2) is 0 Å². The molecule has 0 aliphatic rings. The molecule has 0 saturated carbocycles. The first-order valence-electron chi connectivity index (χ1n) is 0.239. The van der Waals surface area contributed by atoms with Crippen molar-refractivity contribution in [1.29, 1.82) is 0 Å². The second kappa shape index (κ2) is 29.7. The molecule has 0 bridgehead atoms. The second-order valence-corrected chi connectivity index (χ2v) is 0. The van der Waals surface area contributed by atoms with Crippen molar-refractivity contribution in [3.63, 3.8) is 0 Å². The molecule has 36 valence electrons. The van der Waals surface area contributed by atoms with Crippen molar-refractivity contribution < 1.29 is 37.5 Å². The van der Waals surface area contributed by atoms with Crippen LogP contribution in [0.4, 0.5) is 0 Å². The van der Waals surface area contributed by atoms with E-state index in [9.17, 15) is 0 Å². The van der Waals surface area contributed by atoms with E-state index in [0.717, 1.165) is 0 Å². The van der Waals surface area contributed by atoms with Crippen LogP contribution in [-0.2, 0) is 37.5 Å². The van der Waals surface area contributed by atoms with Crippen molar-refractivity contribution in [2.45, 2.75) is 0 Å². The Kier molecular flexibility index (Phi) is 92.9. The van der Waals surface area contributed by atoms with Crippen LogP contribution in [0.2, 0.25) is 0 Å². The summed E-state index contributed by atoms with van der Waals surface area (Å²) in [6, 6.07) is 0. The average molecular weight is 485 g/mol. The van der Waals surface area contributed by atoms with Crippen LogP contribution in [0.3, 0.4) is 0 Å². The van der Waals surface area contributed by atoms with Crippen molar-refractivity contribution in [2.75, 3.05) is 0 Å². The first-order chi connectivity index (χ1) is 2.00. The van der Waals surface area contributed by atoms with E-state index >= 15 is 0 Å². The third-order valence-corrected chi connectivity index (χ3v) is 0. The third kappa shape index (κ3) is 20.2. The van der Waals surface area contributed by atoms with Crippen LogP contribution in [0, 0.1) is 0 Å². The summed E-state index contributed by atoms with van der Waals surface area (Å²) in [5, 5.41) is 0. The molecule has 0 aliphatic carbocycles. The van der Waals surface area contributed by atoms with Crippen LogP contribution >= 0.6 is 18.8 Å². The van der Waals surface area contributed by atoms with Crippen molar-refractivity contribution in [2.24, 2.45) is 0 Å². The van der Waals surface area contributed by atoms with Gasteiger partial charge in [0, 0.05) is 0 Å². The summed E-state index contributed by atoms with van der Waals surface area (Å²) in [6.07, 6.45) is 0. The van der Waals surface area contributed by atoms with Crippen LogP contribution in [0.25, 0.3) is 0 Å². The maximum atomic E-state index is 4.61. The average Bonchev–Trinajstić information content (AvgIpc) is 1.50. The van der Waals surface area contributed by atoms with Gasteiger partial charge in [0.2, 0.25) is 0 Å². The molecule has 0 radical (unpaired) electrons. The molecule has 0 atom stereocenters. The van der Waals surface area contributed by atoms with Gasteiger partial charge in [0.1, 0.15) is 0 Å². The fourth-order valence-corrected chi connectivity index (χ4v) is 0. The summed E-state index contributed by atoms with van der Waals surface area (Å²) < 4.78 is 0. The molecular formula is Cl2MgPt2. The van der Waals surface area contributed by atoms with Gasteiger partial charge in [-0.3, -0.25) is 0 Å². The zero-order valence-electron chi connectivity index (χ0n) is 2.10. The SMILES string of the molecule is [Cl][Pt-].[Cl][Pt-].[Mg+2]. The molecule has 0 rings (SSSR count). The van der Waals surface area contributed by atoms with Gasteiger partial charge < -0.3 is 0 Å². The molecule has 0 N–H and O–H groups in total. The Morgan fingerprint density at radius 2 is 0.800 bits per heavy atom. The Labute approximate surface area is 78.2 Å². The summed E-state index contributed by atoms with van der Waals surface area (Å²) in [6.45, 7) is 0. The quantitative estimate of drug-likeness (QED) is 0.450. The normalized spacial score (nSPS) is 2.80.